The standard InChI is InChI=1S/C29H32Cl2N4O3.C28H30Cl2N4O3.I3/c1-18(2)28-21(27(32-38-28)26-23(30)6-5-7-24(26)31)10-11-34-12-14-35(15-13-34)19-8-9-20-22(29(36)37-4)17-33(3)25(20)16-19;1-17(2)27-20(26(31-37-27)25-22(29)5-4-6-23(25)30)9-10-33-11-13-34(14-12-33)18-7-8-19-21(28(35)36)16-32(3)24(19)15-18;1-3-2/h5-9,16-18H,10-15H2,1-4H3;4-8,15-17H,9-14H2,1-3H3,(H,35,36);/q;;-1. The summed E-state index contributed by atoms with van der Waals surface area (Å²) in [6.45, 7) is 17.6. The number of aromatic nitrogens is 4. The van der Waals surface area contributed by atoms with E-state index in [0.717, 1.165) is 157 Å². The van der Waals surface area contributed by atoms with Crippen molar-refractivity contribution >= 4 is 129 Å². The fraction of sp³-hybridized carbons (Fsp3) is 0.368. The van der Waals surface area contributed by atoms with E-state index in [4.69, 9.17) is 60.2 Å². The van der Waals surface area contributed by atoms with E-state index >= 15 is 0 Å². The van der Waals surface area contributed by atoms with Gasteiger partial charge in [-0.3, -0.25) is 9.80 Å². The first-order valence-electron chi connectivity index (χ1n) is 25.6. The number of piperazine rings is 2. The van der Waals surface area contributed by atoms with E-state index in [-0.39, 0.29) is 17.8 Å². The van der Waals surface area contributed by atoms with Crippen molar-refractivity contribution in [2.75, 3.05) is 82.4 Å². The second-order valence-electron chi connectivity index (χ2n) is 20.0. The van der Waals surface area contributed by atoms with Crippen LogP contribution in [-0.2, 0) is 31.7 Å². The summed E-state index contributed by atoms with van der Waals surface area (Å²) in [7, 11) is 5.25. The number of rotatable bonds is 14. The van der Waals surface area contributed by atoms with Crippen LogP contribution in [0.2, 0.25) is 20.1 Å². The number of carboxylic acids is 1. The Morgan fingerprint density at radius 1 is 0.628 bits per heavy atom. The third-order valence-corrected chi connectivity index (χ3v) is 15.8. The molecule has 0 atom stereocenters. The van der Waals surface area contributed by atoms with Crippen molar-refractivity contribution in [3.05, 3.63) is 139 Å². The molecule has 416 valence electrons. The second kappa shape index (κ2) is 27.3. The van der Waals surface area contributed by atoms with Crippen LogP contribution in [0.4, 0.5) is 11.4 Å². The maximum absolute atomic E-state index is 12.1. The molecular weight excluding hydrogens is 1420 g/mol. The number of esters is 1. The molecule has 6 heterocycles. The molecule has 0 amide bonds. The van der Waals surface area contributed by atoms with Gasteiger partial charge in [0.25, 0.3) is 0 Å². The Morgan fingerprint density at radius 2 is 1.00 bits per heavy atom. The number of carbonyl (C=O) groups excluding carboxylic acids is 1. The number of benzene rings is 4. The maximum atomic E-state index is 12.1. The van der Waals surface area contributed by atoms with Crippen LogP contribution in [0.25, 0.3) is 44.3 Å². The summed E-state index contributed by atoms with van der Waals surface area (Å²) in [4.78, 5) is 33.4. The van der Waals surface area contributed by atoms with Crippen molar-refractivity contribution in [1.29, 1.82) is 0 Å². The Balaban J connectivity index is 0.000000196. The van der Waals surface area contributed by atoms with Crippen LogP contribution in [0.15, 0.2) is 94.2 Å². The number of carbonyl (C=O) groups is 2. The van der Waals surface area contributed by atoms with Crippen LogP contribution < -0.4 is 23.1 Å². The Hall–Kier alpha value is -3.81. The average molecular weight is 1480 g/mol. The summed E-state index contributed by atoms with van der Waals surface area (Å²) in [6.07, 6.45) is 5.11. The molecule has 0 saturated carbocycles. The quantitative estimate of drug-likeness (QED) is 0.0819. The summed E-state index contributed by atoms with van der Waals surface area (Å²) in [5, 5.41) is 22.2. The van der Waals surface area contributed by atoms with Crippen LogP contribution in [0.3, 0.4) is 0 Å². The minimum absolute atomic E-state index is 0.198. The number of carboxylic acid groups (broad SMARTS) is 1. The predicted molar refractivity (Wildman–Crippen MR) is 329 cm³/mol. The summed E-state index contributed by atoms with van der Waals surface area (Å²) in [6, 6.07) is 23.3. The van der Waals surface area contributed by atoms with Gasteiger partial charge < -0.3 is 37.8 Å². The number of hydrogen-bond acceptors (Lipinski definition) is 11. The van der Waals surface area contributed by atoms with Gasteiger partial charge in [-0.05, 0) is 73.5 Å². The molecule has 10 rings (SSSR count). The summed E-state index contributed by atoms with van der Waals surface area (Å²) in [5.41, 5.74) is 10.2. The molecule has 4 aromatic heterocycles. The Bertz CT molecular complexity index is 3360. The van der Waals surface area contributed by atoms with Crippen molar-refractivity contribution in [2.24, 2.45) is 14.1 Å². The molecule has 2 aliphatic heterocycles. The van der Waals surface area contributed by atoms with Gasteiger partial charge in [0, 0.05) is 148 Å². The first-order valence-corrected chi connectivity index (χ1v) is 39.7. The monoisotopic (exact) mass is 1480 g/mol. The Morgan fingerprint density at radius 3 is 1.36 bits per heavy atom. The van der Waals surface area contributed by atoms with Gasteiger partial charge in [0.2, 0.25) is 0 Å². The van der Waals surface area contributed by atoms with Gasteiger partial charge >= 0.3 is 62.4 Å². The third kappa shape index (κ3) is 13.6. The van der Waals surface area contributed by atoms with Crippen molar-refractivity contribution in [3.63, 3.8) is 0 Å². The number of ether oxygens (including phenoxy) is 1. The van der Waals surface area contributed by atoms with Gasteiger partial charge in [-0.1, -0.05) is 96.5 Å². The number of methoxy groups -OCH3 is 1. The van der Waals surface area contributed by atoms with E-state index in [9.17, 15) is 14.7 Å². The number of aryl methyl sites for hydroxylation is 2. The predicted octanol–water partition coefficient (Wildman–Crippen LogP) is 11.5. The van der Waals surface area contributed by atoms with Crippen LogP contribution in [0.1, 0.15) is 82.9 Å². The zero-order chi connectivity index (χ0) is 55.9. The molecule has 8 aromatic rings. The van der Waals surface area contributed by atoms with Gasteiger partial charge in [0.15, 0.2) is 0 Å². The normalized spacial score (nSPS) is 14.3. The molecule has 0 radical (unpaired) electrons. The SMILES string of the molecule is CC(C)c1onc(-c2c(Cl)cccc2Cl)c1CCN1CCN(c2ccc3c(C(=O)O)cn(C)c3c2)CC1.COC(=O)c1cn(C)c2cc(N3CCN(CCc4c(-c5c(Cl)cccc5Cl)noc4C(C)C)CC3)ccc12.I[I-]I. The number of anilines is 2. The van der Waals surface area contributed by atoms with E-state index in [1.54, 1.807) is 6.20 Å². The fourth-order valence-electron chi connectivity index (χ4n) is 10.5. The molecular formula is C57H62Cl4I3N8O6-. The van der Waals surface area contributed by atoms with E-state index < -0.39 is 5.97 Å². The van der Waals surface area contributed by atoms with Gasteiger partial charge in [0.05, 0.1) is 49.4 Å². The minimum atomic E-state index is -0.902. The molecule has 14 nitrogen and oxygen atoms in total. The van der Waals surface area contributed by atoms with E-state index in [2.05, 4.69) is 113 Å². The summed E-state index contributed by atoms with van der Waals surface area (Å²) < 4.78 is 20.3. The van der Waals surface area contributed by atoms with Crippen molar-refractivity contribution in [2.45, 2.75) is 52.4 Å². The molecule has 78 heavy (non-hydrogen) atoms. The second-order valence-corrected chi connectivity index (χ2v) is 37.8. The zero-order valence-corrected chi connectivity index (χ0v) is 53.9. The first-order chi connectivity index (χ1) is 37.4. The molecule has 0 spiro atoms. The third-order valence-electron chi connectivity index (χ3n) is 14.5. The fourth-order valence-corrected chi connectivity index (χ4v) is 11.6. The van der Waals surface area contributed by atoms with Crippen molar-refractivity contribution in [1.82, 2.24) is 29.2 Å². The molecule has 21 heteroatoms. The molecule has 1 N–H and O–H groups in total. The average Bonchev–Trinajstić information content (AvgIpc) is 4.24. The van der Waals surface area contributed by atoms with Gasteiger partial charge in [-0.25, -0.2) is 9.59 Å². The van der Waals surface area contributed by atoms with Gasteiger partial charge in [-0.15, -0.1) is 0 Å². The molecule has 2 saturated heterocycles. The van der Waals surface area contributed by atoms with Crippen LogP contribution >= 0.6 is 83.6 Å². The number of hydrogen-bond donors (Lipinski definition) is 1. The van der Waals surface area contributed by atoms with Gasteiger partial charge in [0.1, 0.15) is 22.9 Å². The molecule has 0 unspecified atom stereocenters. The summed E-state index contributed by atoms with van der Waals surface area (Å²) >= 11 is 31.3. The molecule has 0 bridgehead atoms. The van der Waals surface area contributed by atoms with Gasteiger partial charge in [-0.2, -0.15) is 0 Å². The molecule has 2 aliphatic rings. The number of aromatic carboxylic acids is 1. The van der Waals surface area contributed by atoms with Crippen molar-refractivity contribution < 1.29 is 41.7 Å². The molecule has 4 aromatic carbocycles. The Labute approximate surface area is 505 Å². The molecule has 2 fully saturated rings. The van der Waals surface area contributed by atoms with Crippen LogP contribution in [-0.4, -0.2) is 119 Å². The molecule has 0 aliphatic carbocycles. The Kier molecular flexibility index (Phi) is 21.1. The number of halogens is 7. The number of nitrogens with zero attached hydrogens (tertiary/aromatic N) is 8. The topological polar surface area (TPSA) is 138 Å². The first kappa shape index (κ1) is 60.3. The van der Waals surface area contributed by atoms with E-state index in [1.807, 2.05) is 84.0 Å². The van der Waals surface area contributed by atoms with Crippen molar-refractivity contribution in [3.8, 4) is 22.5 Å². The van der Waals surface area contributed by atoms with E-state index in [0.29, 0.717) is 44.5 Å². The van der Waals surface area contributed by atoms with E-state index in [1.165, 1.54) is 7.11 Å². The number of fused-ring (bicyclic) bond motifs is 2. The summed E-state index contributed by atoms with van der Waals surface area (Å²) in [5.74, 6) is 0.948. The van der Waals surface area contributed by atoms with Crippen LogP contribution in [0.5, 0.6) is 0 Å². The zero-order valence-electron chi connectivity index (χ0n) is 44.4. The van der Waals surface area contributed by atoms with Crippen LogP contribution in [0, 0.1) is 0 Å².